The standard InChI is InChI=1S/C16H16BrClN2O/c1-20(10-12-6-8-13(18)9-7-12)11-16(21)19-15-5-3-2-4-14(15)17/h2-9H,10-11H2,1H3,(H,19,21)/p+1. The van der Waals surface area contributed by atoms with Crippen molar-refractivity contribution in [3.8, 4) is 0 Å². The van der Waals surface area contributed by atoms with E-state index < -0.39 is 0 Å². The zero-order valence-corrected chi connectivity index (χ0v) is 14.0. The third-order valence-corrected chi connectivity index (χ3v) is 3.97. The molecule has 0 radical (unpaired) electrons. The van der Waals surface area contributed by atoms with Crippen molar-refractivity contribution >= 4 is 39.1 Å². The van der Waals surface area contributed by atoms with Gasteiger partial charge in [0.15, 0.2) is 6.54 Å². The molecule has 3 nitrogen and oxygen atoms in total. The van der Waals surface area contributed by atoms with Gasteiger partial charge in [-0.2, -0.15) is 0 Å². The minimum absolute atomic E-state index is 0.00614. The zero-order valence-electron chi connectivity index (χ0n) is 11.7. The smallest absolute Gasteiger partial charge is 0.279 e. The maximum absolute atomic E-state index is 12.0. The number of amides is 1. The van der Waals surface area contributed by atoms with Crippen LogP contribution in [0.2, 0.25) is 5.02 Å². The van der Waals surface area contributed by atoms with Crippen LogP contribution in [0.5, 0.6) is 0 Å². The van der Waals surface area contributed by atoms with Crippen molar-refractivity contribution in [2.75, 3.05) is 18.9 Å². The van der Waals surface area contributed by atoms with E-state index in [4.69, 9.17) is 11.6 Å². The number of anilines is 1. The third kappa shape index (κ3) is 5.16. The van der Waals surface area contributed by atoms with Crippen LogP contribution in [0.1, 0.15) is 5.56 Å². The summed E-state index contributed by atoms with van der Waals surface area (Å²) in [4.78, 5) is 13.2. The fourth-order valence-corrected chi connectivity index (χ4v) is 2.55. The van der Waals surface area contributed by atoms with E-state index in [1.54, 1.807) is 0 Å². The van der Waals surface area contributed by atoms with Crippen molar-refractivity contribution < 1.29 is 9.69 Å². The molecule has 2 rings (SSSR count). The summed E-state index contributed by atoms with van der Waals surface area (Å²) < 4.78 is 0.883. The van der Waals surface area contributed by atoms with E-state index in [1.807, 2.05) is 55.6 Å². The molecule has 0 saturated heterocycles. The molecular formula is C16H17BrClN2O+. The van der Waals surface area contributed by atoms with Crippen molar-refractivity contribution in [2.45, 2.75) is 6.54 Å². The summed E-state index contributed by atoms with van der Waals surface area (Å²) in [7, 11) is 1.99. The van der Waals surface area contributed by atoms with Crippen LogP contribution in [-0.4, -0.2) is 19.5 Å². The van der Waals surface area contributed by atoms with Gasteiger partial charge in [-0.15, -0.1) is 0 Å². The van der Waals surface area contributed by atoms with E-state index in [2.05, 4.69) is 21.2 Å². The van der Waals surface area contributed by atoms with Gasteiger partial charge in [-0.1, -0.05) is 35.9 Å². The van der Waals surface area contributed by atoms with Gasteiger partial charge < -0.3 is 10.2 Å². The number of benzene rings is 2. The minimum atomic E-state index is -0.00614. The SMILES string of the molecule is C[NH+](CC(=O)Nc1ccccc1Br)Cc1ccc(Cl)cc1. The zero-order chi connectivity index (χ0) is 15.2. The molecule has 1 unspecified atom stereocenters. The predicted octanol–water partition coefficient (Wildman–Crippen LogP) is 2.76. The third-order valence-electron chi connectivity index (χ3n) is 3.03. The molecule has 21 heavy (non-hydrogen) atoms. The molecule has 1 amide bonds. The first-order chi connectivity index (χ1) is 10.0. The Balaban J connectivity index is 1.87. The van der Waals surface area contributed by atoms with Crippen LogP contribution in [0.4, 0.5) is 5.69 Å². The minimum Gasteiger partial charge on any atom is -0.326 e. The molecule has 0 spiro atoms. The van der Waals surface area contributed by atoms with Crippen LogP contribution in [0, 0.1) is 0 Å². The monoisotopic (exact) mass is 367 g/mol. The van der Waals surface area contributed by atoms with Gasteiger partial charge in [-0.3, -0.25) is 4.79 Å². The average Bonchev–Trinajstić information content (AvgIpc) is 2.44. The number of quaternary nitrogens is 1. The highest BCUT2D eigenvalue weighted by molar-refractivity contribution is 9.10. The van der Waals surface area contributed by atoms with E-state index in [0.29, 0.717) is 6.54 Å². The summed E-state index contributed by atoms with van der Waals surface area (Å²) in [6.07, 6.45) is 0. The van der Waals surface area contributed by atoms with Crippen molar-refractivity contribution in [1.82, 2.24) is 0 Å². The molecule has 5 heteroatoms. The molecule has 0 bridgehead atoms. The van der Waals surface area contributed by atoms with E-state index in [9.17, 15) is 4.79 Å². The molecule has 0 aliphatic carbocycles. The van der Waals surface area contributed by atoms with Crippen molar-refractivity contribution in [2.24, 2.45) is 0 Å². The molecule has 2 aromatic carbocycles. The van der Waals surface area contributed by atoms with E-state index >= 15 is 0 Å². The van der Waals surface area contributed by atoms with Gasteiger partial charge in [0.25, 0.3) is 5.91 Å². The Morgan fingerprint density at radius 1 is 1.19 bits per heavy atom. The molecule has 0 heterocycles. The molecule has 0 fully saturated rings. The average molecular weight is 369 g/mol. The number of likely N-dealkylation sites (N-methyl/N-ethyl adjacent to an activating group) is 1. The lowest BCUT2D eigenvalue weighted by atomic mass is 10.2. The maximum atomic E-state index is 12.0. The number of para-hydroxylation sites is 1. The van der Waals surface area contributed by atoms with Gasteiger partial charge in [-0.05, 0) is 40.2 Å². The second-order valence-corrected chi connectivity index (χ2v) is 6.26. The number of hydrogen-bond donors (Lipinski definition) is 2. The molecule has 0 aromatic heterocycles. The largest absolute Gasteiger partial charge is 0.326 e. The van der Waals surface area contributed by atoms with Crippen molar-refractivity contribution in [1.29, 1.82) is 0 Å². The summed E-state index contributed by atoms with van der Waals surface area (Å²) in [6, 6.07) is 15.3. The van der Waals surface area contributed by atoms with Crippen LogP contribution in [0.25, 0.3) is 0 Å². The Morgan fingerprint density at radius 2 is 1.86 bits per heavy atom. The Kier molecular flexibility index (Phi) is 5.79. The first-order valence-corrected chi connectivity index (χ1v) is 7.82. The van der Waals surface area contributed by atoms with Crippen LogP contribution < -0.4 is 10.2 Å². The van der Waals surface area contributed by atoms with Gasteiger partial charge in [-0.25, -0.2) is 0 Å². The molecule has 0 saturated carbocycles. The molecule has 110 valence electrons. The molecule has 1 atom stereocenters. The summed E-state index contributed by atoms with van der Waals surface area (Å²) in [6.45, 7) is 1.19. The van der Waals surface area contributed by atoms with Gasteiger partial charge in [0.05, 0.1) is 12.7 Å². The maximum Gasteiger partial charge on any atom is 0.279 e. The molecular weight excluding hydrogens is 352 g/mol. The summed E-state index contributed by atoms with van der Waals surface area (Å²) in [5.74, 6) is -0.00614. The van der Waals surface area contributed by atoms with E-state index in [0.717, 1.165) is 32.2 Å². The highest BCUT2D eigenvalue weighted by Crippen LogP contribution is 2.20. The molecule has 0 aliphatic heterocycles. The van der Waals surface area contributed by atoms with Gasteiger partial charge in [0.1, 0.15) is 6.54 Å². The van der Waals surface area contributed by atoms with Gasteiger partial charge in [0.2, 0.25) is 0 Å². The fraction of sp³-hybridized carbons (Fsp3) is 0.188. The molecule has 2 N–H and O–H groups in total. The Bertz CT molecular complexity index is 616. The number of rotatable bonds is 5. The number of halogens is 2. The second kappa shape index (κ2) is 7.59. The Morgan fingerprint density at radius 3 is 2.52 bits per heavy atom. The summed E-state index contributed by atoms with van der Waals surface area (Å²) in [5, 5.41) is 3.63. The van der Waals surface area contributed by atoms with Crippen molar-refractivity contribution in [3.05, 3.63) is 63.6 Å². The Labute approximate surface area is 138 Å². The molecule has 2 aromatic rings. The summed E-state index contributed by atoms with van der Waals surface area (Å²) >= 11 is 9.28. The van der Waals surface area contributed by atoms with Crippen LogP contribution in [0.15, 0.2) is 53.0 Å². The summed E-state index contributed by atoms with van der Waals surface area (Å²) in [5.41, 5.74) is 1.95. The van der Waals surface area contributed by atoms with Gasteiger partial charge in [0, 0.05) is 15.1 Å². The van der Waals surface area contributed by atoms with Gasteiger partial charge >= 0.3 is 0 Å². The Hall–Kier alpha value is -1.36. The van der Waals surface area contributed by atoms with Crippen LogP contribution in [-0.2, 0) is 11.3 Å². The number of carbonyl (C=O) groups excluding carboxylic acids is 1. The number of hydrogen-bond acceptors (Lipinski definition) is 1. The predicted molar refractivity (Wildman–Crippen MR) is 89.7 cm³/mol. The number of nitrogens with one attached hydrogen (secondary N) is 2. The highest BCUT2D eigenvalue weighted by atomic mass is 79.9. The van der Waals surface area contributed by atoms with Crippen LogP contribution >= 0.6 is 27.5 Å². The lowest BCUT2D eigenvalue weighted by Crippen LogP contribution is -3.08. The second-order valence-electron chi connectivity index (χ2n) is 4.97. The lowest BCUT2D eigenvalue weighted by molar-refractivity contribution is -0.885. The van der Waals surface area contributed by atoms with E-state index in [1.165, 1.54) is 0 Å². The first kappa shape index (κ1) is 16.0. The quantitative estimate of drug-likeness (QED) is 0.836. The first-order valence-electron chi connectivity index (χ1n) is 6.65. The van der Waals surface area contributed by atoms with Crippen molar-refractivity contribution in [3.63, 3.8) is 0 Å². The molecule has 0 aliphatic rings. The van der Waals surface area contributed by atoms with E-state index in [-0.39, 0.29) is 5.91 Å². The fourth-order valence-electron chi connectivity index (χ4n) is 2.04. The topological polar surface area (TPSA) is 33.5 Å². The number of carbonyl (C=O) groups is 1. The normalized spacial score (nSPS) is 12.0. The van der Waals surface area contributed by atoms with Crippen LogP contribution in [0.3, 0.4) is 0 Å². The lowest BCUT2D eigenvalue weighted by Gasteiger charge is -2.14. The highest BCUT2D eigenvalue weighted by Gasteiger charge is 2.11.